The summed E-state index contributed by atoms with van der Waals surface area (Å²) in [7, 11) is 0. The zero-order valence-electron chi connectivity index (χ0n) is 15.8. The molecule has 1 amide bonds. The number of nitrogens with one attached hydrogen (secondary N) is 1. The van der Waals surface area contributed by atoms with Gasteiger partial charge in [0.2, 0.25) is 0 Å². The lowest BCUT2D eigenvalue weighted by Crippen LogP contribution is -2.52. The number of likely N-dealkylation sites (N-methyl/N-ethyl adjacent to an activating group) is 1. The van der Waals surface area contributed by atoms with E-state index in [-0.39, 0.29) is 18.1 Å². The minimum Gasteiger partial charge on any atom is -0.462 e. The fraction of sp³-hybridized carbons (Fsp3) is 0.526. The number of benzene rings is 1. The molecule has 0 aromatic heterocycles. The van der Waals surface area contributed by atoms with Crippen molar-refractivity contribution < 1.29 is 18.8 Å². The summed E-state index contributed by atoms with van der Waals surface area (Å²) >= 11 is 0. The van der Waals surface area contributed by atoms with Crippen LogP contribution in [0.15, 0.2) is 12.1 Å². The largest absolute Gasteiger partial charge is 0.462 e. The minimum atomic E-state index is -0.534. The first-order valence-corrected chi connectivity index (χ1v) is 8.70. The van der Waals surface area contributed by atoms with Gasteiger partial charge in [0.1, 0.15) is 0 Å². The Hall–Kier alpha value is -2.39. The Morgan fingerprint density at radius 3 is 2.24 bits per heavy atom. The Labute approximate surface area is 150 Å². The fourth-order valence-corrected chi connectivity index (χ4v) is 2.86. The zero-order valence-corrected chi connectivity index (χ0v) is 15.8. The maximum absolute atomic E-state index is 12.6. The van der Waals surface area contributed by atoms with Crippen molar-refractivity contribution in [3.05, 3.63) is 34.7 Å². The number of quaternary nitrogens is 1. The van der Waals surface area contributed by atoms with E-state index in [2.05, 4.69) is 30.9 Å². The number of hydrogen-bond donors (Lipinski definition) is 1. The van der Waals surface area contributed by atoms with E-state index >= 15 is 0 Å². The lowest BCUT2D eigenvalue weighted by molar-refractivity contribution is -0.915. The van der Waals surface area contributed by atoms with E-state index in [0.717, 1.165) is 19.6 Å². The summed E-state index contributed by atoms with van der Waals surface area (Å²) < 4.78 is 5.75. The summed E-state index contributed by atoms with van der Waals surface area (Å²) in [5, 5.41) is 2.87. The van der Waals surface area contributed by atoms with Crippen molar-refractivity contribution in [1.82, 2.24) is 0 Å². The second kappa shape index (κ2) is 9.19. The van der Waals surface area contributed by atoms with Crippen molar-refractivity contribution in [2.45, 2.75) is 34.6 Å². The number of amides is 1. The maximum atomic E-state index is 12.6. The van der Waals surface area contributed by atoms with E-state index < -0.39 is 5.97 Å². The smallest absolute Gasteiger partial charge is 0.338 e. The number of ether oxygens (including phenoxy) is 1. The van der Waals surface area contributed by atoms with E-state index in [4.69, 9.17) is 11.3 Å². The molecule has 25 heavy (non-hydrogen) atoms. The highest BCUT2D eigenvalue weighted by atomic mass is 16.5. The number of hydrogen-bond acceptors (Lipinski definition) is 3. The summed E-state index contributed by atoms with van der Waals surface area (Å²) in [6, 6.07) is 3.13. The highest BCUT2D eigenvalue weighted by molar-refractivity contribution is 6.03. The van der Waals surface area contributed by atoms with Crippen molar-refractivity contribution in [3.8, 4) is 0 Å². The van der Waals surface area contributed by atoms with Crippen LogP contribution in [0.5, 0.6) is 0 Å². The van der Waals surface area contributed by atoms with Gasteiger partial charge in [0.05, 0.1) is 44.1 Å². The van der Waals surface area contributed by atoms with E-state index in [1.54, 1.807) is 19.9 Å². The molecule has 136 valence electrons. The van der Waals surface area contributed by atoms with Gasteiger partial charge in [-0.1, -0.05) is 6.07 Å². The third-order valence-corrected chi connectivity index (χ3v) is 4.70. The summed E-state index contributed by atoms with van der Waals surface area (Å²) in [6.45, 7) is 20.0. The van der Waals surface area contributed by atoms with E-state index in [1.165, 1.54) is 6.07 Å². The van der Waals surface area contributed by atoms with Crippen molar-refractivity contribution >= 4 is 23.3 Å². The molecule has 1 N–H and O–H groups in total. The molecule has 1 aromatic carbocycles. The standard InChI is InChI=1S/C19H27N3O3/c1-7-22(8-2,9-3)13-17(23)21-18-14(5)11-15(20-6)12-16(18)19(24)25-10-4/h11-12H,7-10,13H2,1-5H3/p+1. The molecule has 0 aliphatic heterocycles. The molecule has 6 heteroatoms. The van der Waals surface area contributed by atoms with Gasteiger partial charge in [-0.05, 0) is 46.2 Å². The molecule has 0 aliphatic rings. The van der Waals surface area contributed by atoms with Crippen LogP contribution in [0.2, 0.25) is 0 Å². The number of carbonyl (C=O) groups is 2. The molecular weight excluding hydrogens is 318 g/mol. The molecule has 0 unspecified atom stereocenters. The van der Waals surface area contributed by atoms with Crippen molar-refractivity contribution in [1.29, 1.82) is 0 Å². The minimum absolute atomic E-state index is 0.144. The Morgan fingerprint density at radius 2 is 1.76 bits per heavy atom. The number of anilines is 1. The van der Waals surface area contributed by atoms with Crippen LogP contribution in [-0.4, -0.2) is 49.1 Å². The topological polar surface area (TPSA) is 59.8 Å². The number of rotatable bonds is 8. The average molecular weight is 346 g/mol. The van der Waals surface area contributed by atoms with Gasteiger partial charge in [0, 0.05) is 0 Å². The summed E-state index contributed by atoms with van der Waals surface area (Å²) in [4.78, 5) is 28.2. The van der Waals surface area contributed by atoms with Crippen LogP contribution in [0.25, 0.3) is 4.85 Å². The first-order chi connectivity index (χ1) is 11.9. The molecule has 0 saturated heterocycles. The molecule has 0 saturated carbocycles. The Kier molecular flexibility index (Phi) is 7.59. The molecule has 1 aromatic rings. The molecular formula is C19H28N3O3+. The van der Waals surface area contributed by atoms with E-state index in [0.29, 0.717) is 28.0 Å². The highest BCUT2D eigenvalue weighted by Gasteiger charge is 2.26. The lowest BCUT2D eigenvalue weighted by Gasteiger charge is -2.35. The molecule has 0 radical (unpaired) electrons. The van der Waals surface area contributed by atoms with Crippen LogP contribution < -0.4 is 5.32 Å². The molecule has 6 nitrogen and oxygen atoms in total. The average Bonchev–Trinajstić information content (AvgIpc) is 2.61. The van der Waals surface area contributed by atoms with Gasteiger partial charge in [-0.25, -0.2) is 9.64 Å². The van der Waals surface area contributed by atoms with Gasteiger partial charge in [-0.2, -0.15) is 0 Å². The third kappa shape index (κ3) is 5.04. The zero-order chi connectivity index (χ0) is 19.0. The number of nitrogens with zero attached hydrogens (tertiary/aromatic N) is 2. The summed E-state index contributed by atoms with van der Waals surface area (Å²) in [5.41, 5.74) is 1.67. The van der Waals surface area contributed by atoms with E-state index in [9.17, 15) is 9.59 Å². The van der Waals surface area contributed by atoms with Crippen LogP contribution in [0.1, 0.15) is 43.6 Å². The Morgan fingerprint density at radius 1 is 1.16 bits per heavy atom. The van der Waals surface area contributed by atoms with Crippen LogP contribution in [0, 0.1) is 13.5 Å². The van der Waals surface area contributed by atoms with Gasteiger partial charge in [-0.3, -0.25) is 4.79 Å². The Balaban J connectivity index is 3.18. The first kappa shape index (κ1) is 20.7. The highest BCUT2D eigenvalue weighted by Crippen LogP contribution is 2.28. The Bertz CT molecular complexity index is 665. The monoisotopic (exact) mass is 346 g/mol. The van der Waals surface area contributed by atoms with Gasteiger partial charge in [0.25, 0.3) is 5.91 Å². The predicted octanol–water partition coefficient (Wildman–Crippen LogP) is 3.54. The van der Waals surface area contributed by atoms with Crippen LogP contribution in [0.3, 0.4) is 0 Å². The molecule has 0 heterocycles. The van der Waals surface area contributed by atoms with Gasteiger partial charge in [-0.15, -0.1) is 0 Å². The van der Waals surface area contributed by atoms with Gasteiger partial charge in [0.15, 0.2) is 12.2 Å². The fourth-order valence-electron chi connectivity index (χ4n) is 2.86. The molecule has 0 aliphatic carbocycles. The third-order valence-electron chi connectivity index (χ3n) is 4.70. The van der Waals surface area contributed by atoms with E-state index in [1.807, 2.05) is 0 Å². The second-order valence-corrected chi connectivity index (χ2v) is 6.01. The van der Waals surface area contributed by atoms with Gasteiger partial charge < -0.3 is 14.5 Å². The maximum Gasteiger partial charge on any atom is 0.338 e. The molecule has 0 fully saturated rings. The second-order valence-electron chi connectivity index (χ2n) is 6.01. The van der Waals surface area contributed by atoms with Crippen LogP contribution in [0.4, 0.5) is 11.4 Å². The number of esters is 1. The molecule has 0 spiro atoms. The number of carbonyl (C=O) groups excluding carboxylic acids is 2. The van der Waals surface area contributed by atoms with Crippen molar-refractivity contribution in [3.63, 3.8) is 0 Å². The molecule has 0 atom stereocenters. The van der Waals surface area contributed by atoms with Crippen LogP contribution in [-0.2, 0) is 9.53 Å². The molecule has 0 bridgehead atoms. The SMILES string of the molecule is [C-]#[N+]c1cc(C)c(NC(=O)C[N+](CC)(CC)CC)c(C(=O)OCC)c1. The lowest BCUT2D eigenvalue weighted by atomic mass is 10.1. The predicted molar refractivity (Wildman–Crippen MR) is 98.8 cm³/mol. The first-order valence-electron chi connectivity index (χ1n) is 8.70. The normalized spacial score (nSPS) is 10.9. The summed E-state index contributed by atoms with van der Waals surface area (Å²) in [6.07, 6.45) is 0. The molecule has 1 rings (SSSR count). The number of aryl methyl sites for hydroxylation is 1. The van der Waals surface area contributed by atoms with Gasteiger partial charge >= 0.3 is 5.97 Å². The quantitative estimate of drug-likeness (QED) is 0.445. The van der Waals surface area contributed by atoms with Crippen molar-refractivity contribution in [2.75, 3.05) is 38.1 Å². The van der Waals surface area contributed by atoms with Crippen LogP contribution >= 0.6 is 0 Å². The summed E-state index contributed by atoms with van der Waals surface area (Å²) in [5.74, 6) is -0.677. The van der Waals surface area contributed by atoms with Crippen molar-refractivity contribution in [2.24, 2.45) is 0 Å².